The summed E-state index contributed by atoms with van der Waals surface area (Å²) in [4.78, 5) is 12.0. The molecule has 0 aliphatic heterocycles. The van der Waals surface area contributed by atoms with E-state index in [2.05, 4.69) is 13.8 Å². The van der Waals surface area contributed by atoms with E-state index < -0.39 is 6.10 Å². The molecule has 0 bridgehead atoms. The molecule has 0 aliphatic carbocycles. The molecular formula is C29H58O4. The zero-order valence-corrected chi connectivity index (χ0v) is 22.4. The number of rotatable bonds is 27. The molecule has 0 spiro atoms. The Balaban J connectivity index is 3.42. The molecule has 0 aromatic heterocycles. The van der Waals surface area contributed by atoms with Gasteiger partial charge in [0.1, 0.15) is 6.10 Å². The molecule has 0 aliphatic rings. The van der Waals surface area contributed by atoms with Gasteiger partial charge in [0.25, 0.3) is 0 Å². The third kappa shape index (κ3) is 25.8. The molecule has 1 atom stereocenters. The highest BCUT2D eigenvalue weighted by Crippen LogP contribution is 2.13. The van der Waals surface area contributed by atoms with E-state index in [0.29, 0.717) is 19.6 Å². The zero-order valence-electron chi connectivity index (χ0n) is 22.4. The van der Waals surface area contributed by atoms with E-state index in [4.69, 9.17) is 9.47 Å². The van der Waals surface area contributed by atoms with Gasteiger partial charge in [-0.2, -0.15) is 0 Å². The molecule has 0 aromatic carbocycles. The van der Waals surface area contributed by atoms with Crippen LogP contribution in [0.1, 0.15) is 155 Å². The van der Waals surface area contributed by atoms with Crippen LogP contribution in [0, 0.1) is 0 Å². The van der Waals surface area contributed by atoms with E-state index in [9.17, 15) is 9.90 Å². The van der Waals surface area contributed by atoms with Crippen LogP contribution in [-0.4, -0.2) is 37.0 Å². The topological polar surface area (TPSA) is 55.8 Å². The molecule has 4 heteroatoms. The molecule has 0 rings (SSSR count). The normalized spacial score (nSPS) is 12.2. The van der Waals surface area contributed by atoms with E-state index in [1.165, 1.54) is 116 Å². The van der Waals surface area contributed by atoms with Gasteiger partial charge in [-0.3, -0.25) is 4.79 Å². The van der Waals surface area contributed by atoms with E-state index in [0.717, 1.165) is 19.3 Å². The van der Waals surface area contributed by atoms with Crippen molar-refractivity contribution in [2.45, 2.75) is 161 Å². The van der Waals surface area contributed by atoms with Crippen LogP contribution in [0.4, 0.5) is 0 Å². The predicted octanol–water partition coefficient (Wildman–Crippen LogP) is 8.53. The molecule has 198 valence electrons. The van der Waals surface area contributed by atoms with Crippen LogP contribution in [0.15, 0.2) is 0 Å². The average Bonchev–Trinajstić information content (AvgIpc) is 2.82. The first-order chi connectivity index (χ1) is 16.2. The molecular weight excluding hydrogens is 412 g/mol. The van der Waals surface area contributed by atoms with E-state index in [1.54, 1.807) is 0 Å². The Morgan fingerprint density at radius 2 is 1.00 bits per heavy atom. The summed E-state index contributed by atoms with van der Waals surface area (Å²) in [5.41, 5.74) is 0. The molecule has 1 unspecified atom stereocenters. The highest BCUT2D eigenvalue weighted by atomic mass is 16.6. The number of ether oxygens (including phenoxy) is 2. The minimum Gasteiger partial charge on any atom is -0.457 e. The maximum atomic E-state index is 12.0. The second-order valence-electron chi connectivity index (χ2n) is 9.84. The minimum atomic E-state index is -0.520. The van der Waals surface area contributed by atoms with Crippen molar-refractivity contribution in [1.82, 2.24) is 0 Å². The summed E-state index contributed by atoms with van der Waals surface area (Å²) in [7, 11) is 0. The lowest BCUT2D eigenvalue weighted by Gasteiger charge is -2.16. The molecule has 0 amide bonds. The molecule has 0 saturated carbocycles. The highest BCUT2D eigenvalue weighted by Gasteiger charge is 2.13. The van der Waals surface area contributed by atoms with Crippen molar-refractivity contribution in [2.24, 2.45) is 0 Å². The van der Waals surface area contributed by atoms with Crippen molar-refractivity contribution in [3.05, 3.63) is 0 Å². The molecule has 0 aromatic rings. The van der Waals surface area contributed by atoms with Crippen molar-refractivity contribution in [3.63, 3.8) is 0 Å². The van der Waals surface area contributed by atoms with Gasteiger partial charge in [-0.25, -0.2) is 0 Å². The van der Waals surface area contributed by atoms with Gasteiger partial charge in [-0.1, -0.05) is 136 Å². The van der Waals surface area contributed by atoms with Gasteiger partial charge in [0, 0.05) is 13.0 Å². The number of hydrogen-bond donors (Lipinski definition) is 1. The lowest BCUT2D eigenvalue weighted by molar-refractivity contribution is -0.154. The molecule has 0 fully saturated rings. The zero-order chi connectivity index (χ0) is 24.2. The number of unbranched alkanes of at least 4 members (excludes halogenated alkanes) is 19. The summed E-state index contributed by atoms with van der Waals surface area (Å²) in [5, 5.41) is 9.45. The largest absolute Gasteiger partial charge is 0.457 e. The first-order valence-corrected chi connectivity index (χ1v) is 14.6. The second-order valence-corrected chi connectivity index (χ2v) is 9.84. The molecule has 4 nitrogen and oxygen atoms in total. The van der Waals surface area contributed by atoms with E-state index in [1.807, 2.05) is 0 Å². The fourth-order valence-electron chi connectivity index (χ4n) is 4.21. The third-order valence-electron chi connectivity index (χ3n) is 6.43. The maximum Gasteiger partial charge on any atom is 0.306 e. The number of aliphatic hydroxyl groups excluding tert-OH is 1. The fraction of sp³-hybridized carbons (Fsp3) is 0.966. The van der Waals surface area contributed by atoms with Gasteiger partial charge in [0.2, 0.25) is 0 Å². The van der Waals surface area contributed by atoms with E-state index >= 15 is 0 Å². The standard InChI is InChI=1S/C29H58O4/c1-3-5-7-9-11-13-14-15-17-19-21-23-25-32-27-28(26-30)33-29(31)24-22-20-18-16-12-10-8-6-4-2/h28,30H,3-27H2,1-2H3. The lowest BCUT2D eigenvalue weighted by Crippen LogP contribution is -2.27. The Labute approximate surface area is 206 Å². The fourth-order valence-corrected chi connectivity index (χ4v) is 4.21. The number of carbonyl (C=O) groups is 1. The Morgan fingerprint density at radius 1 is 0.606 bits per heavy atom. The van der Waals surface area contributed by atoms with Crippen molar-refractivity contribution < 1.29 is 19.4 Å². The van der Waals surface area contributed by atoms with Gasteiger partial charge in [-0.05, 0) is 12.8 Å². The Bertz CT molecular complexity index is 386. The Kier molecular flexibility index (Phi) is 27.1. The van der Waals surface area contributed by atoms with Crippen LogP contribution < -0.4 is 0 Å². The summed E-state index contributed by atoms with van der Waals surface area (Å²) in [5.74, 6) is -0.203. The van der Waals surface area contributed by atoms with E-state index in [-0.39, 0.29) is 12.6 Å². The summed E-state index contributed by atoms with van der Waals surface area (Å²) in [6, 6.07) is 0. The van der Waals surface area contributed by atoms with Crippen LogP contribution in [0.25, 0.3) is 0 Å². The van der Waals surface area contributed by atoms with Crippen LogP contribution in [0.5, 0.6) is 0 Å². The lowest BCUT2D eigenvalue weighted by atomic mass is 10.1. The van der Waals surface area contributed by atoms with Crippen molar-refractivity contribution in [3.8, 4) is 0 Å². The first-order valence-electron chi connectivity index (χ1n) is 14.6. The summed E-state index contributed by atoms with van der Waals surface area (Å²) >= 11 is 0. The summed E-state index contributed by atoms with van der Waals surface area (Å²) in [6.07, 6.45) is 26.9. The van der Waals surface area contributed by atoms with Gasteiger partial charge in [0.05, 0.1) is 13.2 Å². The van der Waals surface area contributed by atoms with Gasteiger partial charge in [-0.15, -0.1) is 0 Å². The number of hydrogen-bond acceptors (Lipinski definition) is 4. The van der Waals surface area contributed by atoms with Crippen molar-refractivity contribution >= 4 is 5.97 Å². The third-order valence-corrected chi connectivity index (χ3v) is 6.43. The van der Waals surface area contributed by atoms with Crippen LogP contribution in [-0.2, 0) is 14.3 Å². The molecule has 33 heavy (non-hydrogen) atoms. The second kappa shape index (κ2) is 27.6. The monoisotopic (exact) mass is 470 g/mol. The van der Waals surface area contributed by atoms with Crippen molar-refractivity contribution in [2.75, 3.05) is 19.8 Å². The van der Waals surface area contributed by atoms with Crippen molar-refractivity contribution in [1.29, 1.82) is 0 Å². The number of aliphatic hydroxyl groups is 1. The van der Waals surface area contributed by atoms with Crippen LogP contribution in [0.3, 0.4) is 0 Å². The summed E-state index contributed by atoms with van der Waals surface area (Å²) in [6.45, 7) is 5.33. The molecule has 0 radical (unpaired) electrons. The molecule has 1 N–H and O–H groups in total. The molecule has 0 saturated heterocycles. The van der Waals surface area contributed by atoms with Crippen LogP contribution in [0.2, 0.25) is 0 Å². The SMILES string of the molecule is CCCCCCCCCCCCCCOCC(CO)OC(=O)CCCCCCCCCCC. The minimum absolute atomic E-state index is 0.165. The average molecular weight is 471 g/mol. The maximum absolute atomic E-state index is 12.0. The highest BCUT2D eigenvalue weighted by molar-refractivity contribution is 5.69. The Morgan fingerprint density at radius 3 is 1.42 bits per heavy atom. The summed E-state index contributed by atoms with van der Waals surface area (Å²) < 4.78 is 11.0. The smallest absolute Gasteiger partial charge is 0.306 e. The first kappa shape index (κ1) is 32.4. The van der Waals surface area contributed by atoms with Crippen LogP contribution >= 0.6 is 0 Å². The quantitative estimate of drug-likeness (QED) is 0.0965. The predicted molar refractivity (Wildman–Crippen MR) is 141 cm³/mol. The number of esters is 1. The Hall–Kier alpha value is -0.610. The number of carbonyl (C=O) groups excluding carboxylic acids is 1. The van der Waals surface area contributed by atoms with Gasteiger partial charge < -0.3 is 14.6 Å². The van der Waals surface area contributed by atoms with Gasteiger partial charge >= 0.3 is 5.97 Å². The van der Waals surface area contributed by atoms with Gasteiger partial charge in [0.15, 0.2) is 0 Å². The molecule has 0 heterocycles.